The Bertz CT molecular complexity index is 519. The molecule has 0 amide bonds. The van der Waals surface area contributed by atoms with Gasteiger partial charge in [0.15, 0.2) is 0 Å². The maximum absolute atomic E-state index is 13.8. The average Bonchev–Trinajstić information content (AvgIpc) is 3.31. The molecule has 0 saturated carbocycles. The number of alkyl halides is 3. The van der Waals surface area contributed by atoms with E-state index in [0.29, 0.717) is 19.6 Å². The summed E-state index contributed by atoms with van der Waals surface area (Å²) in [4.78, 5) is 12.1. The van der Waals surface area contributed by atoms with Crippen LogP contribution in [-0.4, -0.2) is 88.5 Å². The number of hydrogen-bond donors (Lipinski definition) is 1. The monoisotopic (exact) mass is 499 g/mol. The van der Waals surface area contributed by atoms with Gasteiger partial charge in [0.25, 0.3) is 0 Å². The van der Waals surface area contributed by atoms with Gasteiger partial charge in [-0.2, -0.15) is 0 Å². The number of fused-ring (bicyclic) bond motifs is 2. The second kappa shape index (κ2) is 8.65. The van der Waals surface area contributed by atoms with E-state index < -0.39 is 26.4 Å². The van der Waals surface area contributed by atoms with E-state index in [0.717, 1.165) is 56.5 Å². The van der Waals surface area contributed by atoms with E-state index in [9.17, 15) is 4.39 Å². The summed E-state index contributed by atoms with van der Waals surface area (Å²) >= 11 is -1.47. The van der Waals surface area contributed by atoms with Crippen molar-refractivity contribution in [1.29, 1.82) is 0 Å². The van der Waals surface area contributed by atoms with Gasteiger partial charge in [-0.1, -0.05) is 0 Å². The predicted molar refractivity (Wildman–Crippen MR) is 112 cm³/mol. The molecule has 4 saturated heterocycles. The normalized spacial score (nSPS) is 39.9. The maximum atomic E-state index is 13.8. The molecule has 8 heteroatoms. The van der Waals surface area contributed by atoms with Crippen LogP contribution in [0, 0.1) is 0 Å². The Labute approximate surface area is 170 Å². The van der Waals surface area contributed by atoms with Crippen molar-refractivity contribution >= 4 is 20.2 Å². The molecule has 4 atom stereocenters. The van der Waals surface area contributed by atoms with Gasteiger partial charge in [-0.15, -0.1) is 0 Å². The van der Waals surface area contributed by atoms with Gasteiger partial charge in [0.05, 0.1) is 0 Å². The van der Waals surface area contributed by atoms with Gasteiger partial charge in [-0.3, -0.25) is 0 Å². The molecular weight excluding hydrogens is 464 g/mol. The molecule has 0 aromatic rings. The van der Waals surface area contributed by atoms with Crippen molar-refractivity contribution < 1.29 is 17.0 Å². The summed E-state index contributed by atoms with van der Waals surface area (Å²) in [6.07, 6.45) is 5.98. The van der Waals surface area contributed by atoms with Crippen LogP contribution in [-0.2, 0) is 12.6 Å². The second-order valence-corrected chi connectivity index (χ2v) is 13.6. The predicted octanol–water partition coefficient (Wildman–Crippen LogP) is 2.14. The first-order chi connectivity index (χ1) is 13.1. The van der Waals surface area contributed by atoms with Crippen molar-refractivity contribution in [3.05, 3.63) is 0 Å². The number of ether oxygens (including phenoxy) is 1. The second-order valence-electron chi connectivity index (χ2n) is 8.83. The van der Waals surface area contributed by atoms with Gasteiger partial charge in [0.1, 0.15) is 0 Å². The zero-order chi connectivity index (χ0) is 18.9. The molecule has 4 fully saturated rings. The molecule has 2 N–H and O–H groups in total. The van der Waals surface area contributed by atoms with Crippen LogP contribution in [0.4, 0.5) is 4.39 Å². The van der Waals surface area contributed by atoms with Crippen LogP contribution < -0.4 is 5.90 Å². The van der Waals surface area contributed by atoms with Crippen LogP contribution in [0.3, 0.4) is 0 Å². The number of hydrogen-bond acceptors (Lipinski definition) is 6. The Balaban J connectivity index is 1.17. The molecule has 4 aliphatic rings. The number of nitrogens with two attached hydrogens (primary N) is 1. The molecule has 4 aliphatic heterocycles. The molecule has 0 bridgehead atoms. The topological polar surface area (TPSA) is 60.2 Å². The molecule has 4 rings (SSSR count). The summed E-state index contributed by atoms with van der Waals surface area (Å²) in [7, 11) is 0. The van der Waals surface area contributed by atoms with Crippen LogP contribution in [0.15, 0.2) is 0 Å². The van der Waals surface area contributed by atoms with Crippen LogP contribution in [0.5, 0.6) is 0 Å². The molecular formula is C19H35FIN3O3. The van der Waals surface area contributed by atoms with Crippen LogP contribution >= 0.6 is 20.2 Å². The van der Waals surface area contributed by atoms with Crippen molar-refractivity contribution in [3.8, 4) is 0 Å². The molecule has 6 nitrogen and oxygen atoms in total. The van der Waals surface area contributed by atoms with E-state index in [2.05, 4.69) is 14.7 Å². The van der Waals surface area contributed by atoms with E-state index in [1.807, 2.05) is 0 Å². The Hall–Kier alpha value is 0.420. The summed E-state index contributed by atoms with van der Waals surface area (Å²) in [5, 5.41) is 0. The summed E-state index contributed by atoms with van der Waals surface area (Å²) in [6.45, 7) is 5.89. The van der Waals surface area contributed by atoms with Gasteiger partial charge in [-0.05, 0) is 0 Å². The van der Waals surface area contributed by atoms with Gasteiger partial charge in [0, 0.05) is 0 Å². The first-order valence-electron chi connectivity index (χ1n) is 10.3. The standard InChI is InChI=1S/C19H35FIN3O3/c1-21(26-14-18-4-2-7-23(18)12-16(20)10-18)6-9-25-17-11-19(15-27-22)5-3-8-24(19)13-17/h16-17H,2-15,22H2,1H3. The Kier molecular flexibility index (Phi) is 6.63. The molecule has 158 valence electrons. The van der Waals surface area contributed by atoms with E-state index in [1.54, 1.807) is 0 Å². The van der Waals surface area contributed by atoms with Crippen molar-refractivity contribution in [1.82, 2.24) is 9.80 Å². The van der Waals surface area contributed by atoms with E-state index in [4.69, 9.17) is 18.5 Å². The first kappa shape index (κ1) is 20.7. The third-order valence-electron chi connectivity index (χ3n) is 7.09. The SMILES string of the molecule is CI(CCOC1CN2CCCC2(CON)C1)OCC12CCCN1CC(F)C2. The molecule has 0 aliphatic carbocycles. The molecule has 0 spiro atoms. The van der Waals surface area contributed by atoms with E-state index in [1.165, 1.54) is 12.8 Å². The minimum atomic E-state index is -1.47. The first-order valence-corrected chi connectivity index (χ1v) is 14.9. The van der Waals surface area contributed by atoms with Crippen molar-refractivity contribution in [2.45, 2.75) is 61.9 Å². The molecule has 4 unspecified atom stereocenters. The summed E-state index contributed by atoms with van der Waals surface area (Å²) in [5.41, 5.74) is 0.105. The number of nitrogens with zero attached hydrogens (tertiary/aromatic N) is 2. The van der Waals surface area contributed by atoms with E-state index in [-0.39, 0.29) is 17.2 Å². The molecule has 0 aromatic heterocycles. The minimum absolute atomic E-state index is 0.00318. The van der Waals surface area contributed by atoms with Crippen LogP contribution in [0.1, 0.15) is 38.5 Å². The third kappa shape index (κ3) is 4.32. The summed E-state index contributed by atoms with van der Waals surface area (Å²) < 4.78 is 27.4. The van der Waals surface area contributed by atoms with Crippen molar-refractivity contribution in [3.63, 3.8) is 0 Å². The molecule has 0 aromatic carbocycles. The van der Waals surface area contributed by atoms with Crippen molar-refractivity contribution in [2.24, 2.45) is 5.90 Å². The van der Waals surface area contributed by atoms with Crippen LogP contribution in [0.2, 0.25) is 0 Å². The fourth-order valence-corrected chi connectivity index (χ4v) is 8.05. The molecule has 27 heavy (non-hydrogen) atoms. The van der Waals surface area contributed by atoms with Crippen molar-refractivity contribution in [2.75, 3.05) is 55.4 Å². The third-order valence-corrected chi connectivity index (χ3v) is 10.4. The van der Waals surface area contributed by atoms with E-state index >= 15 is 0 Å². The van der Waals surface area contributed by atoms with Gasteiger partial charge in [-0.25, -0.2) is 0 Å². The van der Waals surface area contributed by atoms with Gasteiger partial charge < -0.3 is 0 Å². The average molecular weight is 499 g/mol. The zero-order valence-electron chi connectivity index (χ0n) is 16.5. The molecule has 0 radical (unpaired) electrons. The Morgan fingerprint density at radius 2 is 1.78 bits per heavy atom. The zero-order valence-corrected chi connectivity index (χ0v) is 18.7. The number of rotatable bonds is 9. The summed E-state index contributed by atoms with van der Waals surface area (Å²) in [6, 6.07) is 0. The summed E-state index contributed by atoms with van der Waals surface area (Å²) in [5.74, 6) is 5.37. The van der Waals surface area contributed by atoms with Crippen LogP contribution in [0.25, 0.3) is 0 Å². The Morgan fingerprint density at radius 1 is 1.07 bits per heavy atom. The number of halogens is 2. The fourth-order valence-electron chi connectivity index (χ4n) is 5.75. The quantitative estimate of drug-likeness (QED) is 0.298. The van der Waals surface area contributed by atoms with Gasteiger partial charge >= 0.3 is 170 Å². The Morgan fingerprint density at radius 3 is 2.52 bits per heavy atom. The molecule has 4 heterocycles. The fraction of sp³-hybridized carbons (Fsp3) is 1.00. The van der Waals surface area contributed by atoms with Gasteiger partial charge in [0.2, 0.25) is 0 Å².